The summed E-state index contributed by atoms with van der Waals surface area (Å²) in [5.74, 6) is -0.432. The molecule has 1 aromatic heterocycles. The van der Waals surface area contributed by atoms with E-state index in [4.69, 9.17) is 5.73 Å². The first-order valence-corrected chi connectivity index (χ1v) is 9.60. The Labute approximate surface area is 165 Å². The highest BCUT2D eigenvalue weighted by Gasteiger charge is 2.41. The molecule has 2 heterocycles. The summed E-state index contributed by atoms with van der Waals surface area (Å²) in [6.45, 7) is 0. The minimum Gasteiger partial charge on any atom is -0.384 e. The summed E-state index contributed by atoms with van der Waals surface area (Å²) in [5.41, 5.74) is 8.75. The van der Waals surface area contributed by atoms with Crippen molar-refractivity contribution in [1.82, 2.24) is 0 Å². The van der Waals surface area contributed by atoms with Crippen LogP contribution >= 0.6 is 11.3 Å². The molecule has 2 aliphatic rings. The van der Waals surface area contributed by atoms with E-state index < -0.39 is 10.8 Å². The van der Waals surface area contributed by atoms with Crippen molar-refractivity contribution in [2.45, 2.75) is 25.2 Å². The van der Waals surface area contributed by atoms with Gasteiger partial charge in [0.2, 0.25) is 0 Å². The Bertz CT molecular complexity index is 1080. The second-order valence-electron chi connectivity index (χ2n) is 6.58. The first kappa shape index (κ1) is 17.9. The van der Waals surface area contributed by atoms with Gasteiger partial charge in [-0.2, -0.15) is 5.26 Å². The predicted octanol–water partition coefficient (Wildman–Crippen LogP) is 3.96. The van der Waals surface area contributed by atoms with Crippen molar-refractivity contribution in [3.8, 4) is 6.07 Å². The topological polar surface area (TPSA) is 113 Å². The zero-order valence-corrected chi connectivity index (χ0v) is 15.6. The highest BCUT2D eigenvalue weighted by Crippen LogP contribution is 2.48. The molecule has 2 N–H and O–H groups in total. The monoisotopic (exact) mass is 392 g/mol. The van der Waals surface area contributed by atoms with Gasteiger partial charge in [-0.15, -0.1) is 0 Å². The maximum Gasteiger partial charge on any atom is 0.324 e. The fourth-order valence-corrected chi connectivity index (χ4v) is 4.78. The second-order valence-corrected chi connectivity index (χ2v) is 7.68. The molecule has 0 saturated carbocycles. The molecule has 0 amide bonds. The molecule has 1 aromatic carbocycles. The van der Waals surface area contributed by atoms with E-state index in [9.17, 15) is 20.2 Å². The number of nitro groups is 1. The summed E-state index contributed by atoms with van der Waals surface area (Å²) >= 11 is 0.979. The van der Waals surface area contributed by atoms with Crippen LogP contribution in [0.15, 0.2) is 65.1 Å². The van der Waals surface area contributed by atoms with Crippen molar-refractivity contribution >= 4 is 27.8 Å². The van der Waals surface area contributed by atoms with Gasteiger partial charge < -0.3 is 5.73 Å². The number of thiophene rings is 1. The lowest BCUT2D eigenvalue weighted by Gasteiger charge is -2.39. The van der Waals surface area contributed by atoms with E-state index in [1.807, 2.05) is 30.3 Å². The fourth-order valence-electron chi connectivity index (χ4n) is 3.84. The molecular formula is C20H16N4O3S. The molecule has 7 nitrogen and oxygen atoms in total. The summed E-state index contributed by atoms with van der Waals surface area (Å²) in [6.07, 6.45) is 1.75. The van der Waals surface area contributed by atoms with Crippen LogP contribution in [0.5, 0.6) is 0 Å². The lowest BCUT2D eigenvalue weighted by molar-refractivity contribution is -0.380. The number of allylic oxidation sites excluding steroid dienone is 3. The van der Waals surface area contributed by atoms with Gasteiger partial charge in [-0.3, -0.25) is 19.8 Å². The van der Waals surface area contributed by atoms with Crippen LogP contribution in [-0.2, 0) is 4.79 Å². The molecule has 1 atom stereocenters. The third kappa shape index (κ3) is 2.77. The van der Waals surface area contributed by atoms with E-state index in [-0.39, 0.29) is 22.2 Å². The van der Waals surface area contributed by atoms with E-state index in [2.05, 4.69) is 6.07 Å². The van der Waals surface area contributed by atoms with Gasteiger partial charge >= 0.3 is 5.00 Å². The largest absolute Gasteiger partial charge is 0.384 e. The van der Waals surface area contributed by atoms with E-state index in [0.29, 0.717) is 29.7 Å². The Balaban J connectivity index is 1.95. The van der Waals surface area contributed by atoms with Crippen LogP contribution in [0.25, 0.3) is 0 Å². The highest BCUT2D eigenvalue weighted by molar-refractivity contribution is 7.15. The minimum atomic E-state index is -0.661. The normalized spacial score (nSPS) is 19.5. The van der Waals surface area contributed by atoms with Crippen molar-refractivity contribution < 1.29 is 9.72 Å². The lowest BCUT2D eigenvalue weighted by Crippen LogP contribution is -2.38. The Hall–Kier alpha value is -3.44. The van der Waals surface area contributed by atoms with Crippen LogP contribution in [0, 0.1) is 21.4 Å². The molecule has 1 aliphatic carbocycles. The van der Waals surface area contributed by atoms with Crippen LogP contribution in [0.1, 0.15) is 30.1 Å². The average Bonchev–Trinajstić information content (AvgIpc) is 3.18. The summed E-state index contributed by atoms with van der Waals surface area (Å²) in [4.78, 5) is 25.9. The summed E-state index contributed by atoms with van der Waals surface area (Å²) in [5, 5.41) is 21.0. The summed E-state index contributed by atoms with van der Waals surface area (Å²) < 4.78 is 0. The van der Waals surface area contributed by atoms with Crippen molar-refractivity contribution in [1.29, 1.82) is 5.26 Å². The van der Waals surface area contributed by atoms with Crippen LogP contribution in [0.3, 0.4) is 0 Å². The van der Waals surface area contributed by atoms with Crippen LogP contribution in [-0.4, -0.2) is 10.7 Å². The van der Waals surface area contributed by atoms with Gasteiger partial charge in [0.1, 0.15) is 5.82 Å². The molecule has 0 radical (unpaired) electrons. The van der Waals surface area contributed by atoms with Gasteiger partial charge in [0.15, 0.2) is 5.78 Å². The van der Waals surface area contributed by atoms with Gasteiger partial charge in [0.25, 0.3) is 0 Å². The number of anilines is 1. The molecule has 2 aromatic rings. The molecule has 28 heavy (non-hydrogen) atoms. The Morgan fingerprint density at radius 1 is 1.21 bits per heavy atom. The number of ketones is 1. The smallest absolute Gasteiger partial charge is 0.324 e. The molecule has 0 spiro atoms. The van der Waals surface area contributed by atoms with Crippen molar-refractivity contribution in [2.75, 3.05) is 4.90 Å². The number of nitrogens with two attached hydrogens (primary N) is 1. The zero-order chi connectivity index (χ0) is 19.8. The first-order chi connectivity index (χ1) is 13.5. The number of benzene rings is 1. The van der Waals surface area contributed by atoms with Crippen molar-refractivity contribution in [2.24, 2.45) is 5.73 Å². The number of hydrogen-bond acceptors (Lipinski definition) is 7. The average molecular weight is 392 g/mol. The molecule has 8 heteroatoms. The standard InChI is InChI=1S/C20H16N4O3S/c21-11-13-18(16-9-10-17(28-16)24(26)27)19-14(7-4-8-15(19)25)23(20(13)22)12-5-2-1-3-6-12/h1-3,5-6,9-10,18H,4,7-8,22H2. The second kappa shape index (κ2) is 6.94. The van der Waals surface area contributed by atoms with E-state index in [0.717, 1.165) is 22.7 Å². The van der Waals surface area contributed by atoms with Crippen LogP contribution < -0.4 is 10.6 Å². The molecule has 140 valence electrons. The number of hydrogen-bond donors (Lipinski definition) is 1. The first-order valence-electron chi connectivity index (χ1n) is 8.78. The fraction of sp³-hybridized carbons (Fsp3) is 0.200. The molecule has 0 fully saturated rings. The Morgan fingerprint density at radius 2 is 1.96 bits per heavy atom. The van der Waals surface area contributed by atoms with E-state index in [1.54, 1.807) is 11.0 Å². The molecule has 0 saturated heterocycles. The molecular weight excluding hydrogens is 376 g/mol. The maximum absolute atomic E-state index is 12.9. The van der Waals surface area contributed by atoms with Crippen molar-refractivity contribution in [3.05, 3.63) is 80.1 Å². The van der Waals surface area contributed by atoms with Gasteiger partial charge in [-0.1, -0.05) is 29.5 Å². The van der Waals surface area contributed by atoms with Crippen molar-refractivity contribution in [3.63, 3.8) is 0 Å². The summed E-state index contributed by atoms with van der Waals surface area (Å²) in [6, 6.07) is 14.6. The molecule has 1 aliphatic heterocycles. The third-order valence-electron chi connectivity index (χ3n) is 5.00. The number of nitriles is 1. The number of Topliss-reactive ketones (excluding diaryl/α,β-unsaturated/α-hetero) is 1. The lowest BCUT2D eigenvalue weighted by atomic mass is 9.78. The highest BCUT2D eigenvalue weighted by atomic mass is 32.1. The quantitative estimate of drug-likeness (QED) is 0.625. The van der Waals surface area contributed by atoms with E-state index in [1.165, 1.54) is 6.07 Å². The zero-order valence-electron chi connectivity index (χ0n) is 14.8. The number of para-hydroxylation sites is 1. The van der Waals surface area contributed by atoms with E-state index >= 15 is 0 Å². The van der Waals surface area contributed by atoms with Gasteiger partial charge in [0, 0.05) is 34.3 Å². The van der Waals surface area contributed by atoms with Crippen LogP contribution in [0.4, 0.5) is 10.7 Å². The predicted molar refractivity (Wildman–Crippen MR) is 105 cm³/mol. The molecule has 1 unspecified atom stereocenters. The Morgan fingerprint density at radius 3 is 2.61 bits per heavy atom. The van der Waals surface area contributed by atoms with Gasteiger partial charge in [-0.05, 0) is 31.0 Å². The number of rotatable bonds is 3. The molecule has 4 rings (SSSR count). The molecule has 0 bridgehead atoms. The third-order valence-corrected chi connectivity index (χ3v) is 6.11. The van der Waals surface area contributed by atoms with Gasteiger partial charge in [-0.25, -0.2) is 0 Å². The Kier molecular flexibility index (Phi) is 4.45. The van der Waals surface area contributed by atoms with Gasteiger partial charge in [0.05, 0.1) is 22.5 Å². The van der Waals surface area contributed by atoms with Crippen LogP contribution in [0.2, 0.25) is 0 Å². The minimum absolute atomic E-state index is 0.0261. The number of nitrogens with zero attached hydrogens (tertiary/aromatic N) is 3. The number of carbonyl (C=O) groups is 1. The SMILES string of the molecule is N#CC1=C(N)N(c2ccccc2)C2=C(C(=O)CCC2)C1c1ccc([N+](=O)[O-])s1. The number of carbonyl (C=O) groups excluding carboxylic acids is 1. The maximum atomic E-state index is 12.9. The summed E-state index contributed by atoms with van der Waals surface area (Å²) in [7, 11) is 0.